The lowest BCUT2D eigenvalue weighted by Gasteiger charge is -2.33. The van der Waals surface area contributed by atoms with Crippen molar-refractivity contribution >= 4 is 11.8 Å². The van der Waals surface area contributed by atoms with Crippen LogP contribution in [0.5, 0.6) is 17.2 Å². The third-order valence-corrected chi connectivity index (χ3v) is 8.63. The second-order valence-corrected chi connectivity index (χ2v) is 12.3. The van der Waals surface area contributed by atoms with Crippen molar-refractivity contribution < 1.29 is 42.7 Å². The highest BCUT2D eigenvalue weighted by molar-refractivity contribution is 5.95. The fraction of sp³-hybridized carbons (Fsp3) is 0.444. The van der Waals surface area contributed by atoms with Gasteiger partial charge in [-0.25, -0.2) is 0 Å². The van der Waals surface area contributed by atoms with E-state index in [4.69, 9.17) is 33.2 Å². The molecule has 5 rings (SSSR count). The molecule has 0 bridgehead atoms. The van der Waals surface area contributed by atoms with Crippen molar-refractivity contribution in [3.05, 3.63) is 88.0 Å². The molecule has 2 aliphatic rings. The fourth-order valence-electron chi connectivity index (χ4n) is 6.24. The number of ether oxygens (including phenoxy) is 7. The van der Waals surface area contributed by atoms with Crippen LogP contribution in [0.2, 0.25) is 0 Å². The van der Waals surface area contributed by atoms with Gasteiger partial charge in [0, 0.05) is 17.7 Å². The number of aryl methyl sites for hydroxylation is 2. The molecular weight excluding hydrogens is 604 g/mol. The van der Waals surface area contributed by atoms with Crippen LogP contribution < -0.4 is 24.8 Å². The Morgan fingerprint density at radius 1 is 0.830 bits per heavy atom. The maximum atomic E-state index is 13.6. The molecule has 11 heteroatoms. The largest absolute Gasteiger partial charge is 0.496 e. The van der Waals surface area contributed by atoms with Crippen molar-refractivity contribution in [1.29, 1.82) is 0 Å². The van der Waals surface area contributed by atoms with Crippen molar-refractivity contribution in [2.75, 3.05) is 34.4 Å². The molecule has 2 heterocycles. The van der Waals surface area contributed by atoms with Crippen LogP contribution in [-0.2, 0) is 25.6 Å². The summed E-state index contributed by atoms with van der Waals surface area (Å²) < 4.78 is 42.2. The molecule has 0 saturated carbocycles. The first-order valence-electron chi connectivity index (χ1n) is 15.5. The second kappa shape index (κ2) is 13.9. The van der Waals surface area contributed by atoms with Crippen molar-refractivity contribution in [2.24, 2.45) is 0 Å². The number of carbonyl (C=O) groups is 2. The molecule has 0 aromatic heterocycles. The molecule has 11 nitrogen and oxygen atoms in total. The van der Waals surface area contributed by atoms with Crippen LogP contribution in [0.25, 0.3) is 0 Å². The van der Waals surface area contributed by atoms with Gasteiger partial charge in [-0.1, -0.05) is 30.3 Å². The number of benzene rings is 3. The predicted octanol–water partition coefficient (Wildman–Crippen LogP) is 4.63. The summed E-state index contributed by atoms with van der Waals surface area (Å²) in [4.78, 5) is 26.9. The summed E-state index contributed by atoms with van der Waals surface area (Å²) >= 11 is 0. The molecule has 2 fully saturated rings. The highest BCUT2D eigenvalue weighted by Gasteiger charge is 2.66. The Balaban J connectivity index is 1.40. The summed E-state index contributed by atoms with van der Waals surface area (Å²) in [6.07, 6.45) is -2.29. The Bertz CT molecular complexity index is 1610. The highest BCUT2D eigenvalue weighted by Crippen LogP contribution is 2.47. The third kappa shape index (κ3) is 7.08. The van der Waals surface area contributed by atoms with E-state index in [1.54, 1.807) is 46.3 Å². The van der Waals surface area contributed by atoms with E-state index in [2.05, 4.69) is 10.6 Å². The monoisotopic (exact) mass is 648 g/mol. The lowest BCUT2D eigenvalue weighted by molar-refractivity contribution is -0.260. The van der Waals surface area contributed by atoms with E-state index < -0.39 is 29.9 Å². The lowest BCUT2D eigenvalue weighted by atomic mass is 9.94. The minimum absolute atomic E-state index is 0.00554. The van der Waals surface area contributed by atoms with Crippen LogP contribution >= 0.6 is 0 Å². The van der Waals surface area contributed by atoms with E-state index >= 15 is 0 Å². The van der Waals surface area contributed by atoms with Gasteiger partial charge in [0.1, 0.15) is 18.0 Å². The Morgan fingerprint density at radius 3 is 2.13 bits per heavy atom. The molecular formula is C36H44N2O9. The summed E-state index contributed by atoms with van der Waals surface area (Å²) in [7, 11) is 4.65. The number of rotatable bonds is 12. The van der Waals surface area contributed by atoms with Gasteiger partial charge in [0.2, 0.25) is 0 Å². The molecule has 252 valence electrons. The number of methoxy groups -OCH3 is 3. The quantitative estimate of drug-likeness (QED) is 0.290. The first kappa shape index (κ1) is 34.2. The van der Waals surface area contributed by atoms with Crippen LogP contribution in [0.4, 0.5) is 0 Å². The predicted molar refractivity (Wildman–Crippen MR) is 174 cm³/mol. The SMILES string of the molecule is COc1cc(C(=O)NC[C@H]2O[C@@H](OCc3ccccc3)[C@]3(CNC(=O)c4cc(C)c(OC)c(OC)c4)OC(C)(C)O[C@H]23)cc(C)c1C. The summed E-state index contributed by atoms with van der Waals surface area (Å²) in [5.41, 5.74) is 3.21. The molecule has 0 aliphatic carbocycles. The molecule has 4 atom stereocenters. The average molecular weight is 649 g/mol. The molecule has 2 amide bonds. The van der Waals surface area contributed by atoms with Gasteiger partial charge in [0.05, 0.1) is 34.5 Å². The van der Waals surface area contributed by atoms with Crippen LogP contribution in [0, 0.1) is 20.8 Å². The summed E-state index contributed by atoms with van der Waals surface area (Å²) in [6.45, 7) is 9.67. The van der Waals surface area contributed by atoms with E-state index in [0.717, 1.165) is 22.3 Å². The normalized spacial score (nSPS) is 22.8. The van der Waals surface area contributed by atoms with Crippen molar-refractivity contribution in [2.45, 2.75) is 71.1 Å². The third-order valence-electron chi connectivity index (χ3n) is 8.63. The number of carbonyl (C=O) groups excluding carboxylic acids is 2. The lowest BCUT2D eigenvalue weighted by Crippen LogP contribution is -2.56. The zero-order chi connectivity index (χ0) is 33.9. The minimum atomic E-state index is -1.24. The Labute approximate surface area is 275 Å². The van der Waals surface area contributed by atoms with Gasteiger partial charge in [0.25, 0.3) is 11.8 Å². The number of amides is 2. The minimum Gasteiger partial charge on any atom is -0.496 e. The number of hydrogen-bond acceptors (Lipinski definition) is 9. The van der Waals surface area contributed by atoms with E-state index in [9.17, 15) is 9.59 Å². The zero-order valence-electron chi connectivity index (χ0n) is 28.2. The van der Waals surface area contributed by atoms with E-state index in [-0.39, 0.29) is 31.5 Å². The molecule has 3 aromatic carbocycles. The van der Waals surface area contributed by atoms with Crippen LogP contribution in [0.1, 0.15) is 56.8 Å². The summed E-state index contributed by atoms with van der Waals surface area (Å²) in [6, 6.07) is 16.6. The van der Waals surface area contributed by atoms with Crippen LogP contribution in [-0.4, -0.2) is 76.1 Å². The van der Waals surface area contributed by atoms with Crippen molar-refractivity contribution in [1.82, 2.24) is 10.6 Å². The maximum Gasteiger partial charge on any atom is 0.251 e. The first-order chi connectivity index (χ1) is 22.4. The smallest absolute Gasteiger partial charge is 0.251 e. The Morgan fingerprint density at radius 2 is 1.47 bits per heavy atom. The summed E-state index contributed by atoms with van der Waals surface area (Å²) in [5.74, 6) is -0.0324. The molecule has 2 N–H and O–H groups in total. The Hall–Kier alpha value is -4.16. The molecule has 0 radical (unpaired) electrons. The molecule has 47 heavy (non-hydrogen) atoms. The molecule has 2 aliphatic heterocycles. The standard InChI is InChI=1S/C36H44N2O9/c1-21-14-25(16-27(41-6)23(21)3)32(39)37-18-29-31-36(47-35(4,5)46-31,34(45-29)44-19-24-12-10-9-11-13-24)20-38-33(40)26-15-22(2)30(43-8)28(17-26)42-7/h9-17,29,31,34H,18-20H2,1-8H3,(H,37,39)(H,38,40)/t29-,31-,34-,36-/m1/s1. The molecule has 0 unspecified atom stereocenters. The van der Waals surface area contributed by atoms with Crippen molar-refractivity contribution in [3.8, 4) is 17.2 Å². The second-order valence-electron chi connectivity index (χ2n) is 12.3. The van der Waals surface area contributed by atoms with Gasteiger partial charge >= 0.3 is 0 Å². The number of fused-ring (bicyclic) bond motifs is 1. The van der Waals surface area contributed by atoms with Gasteiger partial charge in [-0.05, 0) is 81.1 Å². The molecule has 0 spiro atoms. The van der Waals surface area contributed by atoms with E-state index in [0.29, 0.717) is 28.4 Å². The fourth-order valence-corrected chi connectivity index (χ4v) is 6.24. The zero-order valence-corrected chi connectivity index (χ0v) is 28.2. The van der Waals surface area contributed by atoms with Crippen molar-refractivity contribution in [3.63, 3.8) is 0 Å². The summed E-state index contributed by atoms with van der Waals surface area (Å²) in [5, 5.41) is 6.01. The Kier molecular flexibility index (Phi) is 10.1. The van der Waals surface area contributed by atoms with Crippen LogP contribution in [0.15, 0.2) is 54.6 Å². The van der Waals surface area contributed by atoms with E-state index in [1.165, 1.54) is 7.11 Å². The topological polar surface area (TPSA) is 123 Å². The first-order valence-corrected chi connectivity index (χ1v) is 15.5. The van der Waals surface area contributed by atoms with E-state index in [1.807, 2.05) is 57.2 Å². The van der Waals surface area contributed by atoms with Crippen LogP contribution in [0.3, 0.4) is 0 Å². The molecule has 3 aromatic rings. The van der Waals surface area contributed by atoms with Gasteiger partial charge in [-0.3, -0.25) is 9.59 Å². The number of hydrogen-bond donors (Lipinski definition) is 2. The van der Waals surface area contributed by atoms with Gasteiger partial charge in [-0.2, -0.15) is 0 Å². The van der Waals surface area contributed by atoms with Gasteiger partial charge in [-0.15, -0.1) is 0 Å². The van der Waals surface area contributed by atoms with Gasteiger partial charge < -0.3 is 43.8 Å². The van der Waals surface area contributed by atoms with Gasteiger partial charge in [0.15, 0.2) is 29.2 Å². The highest BCUT2D eigenvalue weighted by atomic mass is 16.8. The number of nitrogens with one attached hydrogen (secondary N) is 2. The molecule has 2 saturated heterocycles. The average Bonchev–Trinajstić information content (AvgIpc) is 3.49. The maximum absolute atomic E-state index is 13.6.